The molecule has 0 atom stereocenters. The largest absolute Gasteiger partial charge is 0.343 e. The summed E-state index contributed by atoms with van der Waals surface area (Å²) in [6.07, 6.45) is 0.221. The van der Waals surface area contributed by atoms with Crippen LogP contribution in [0.4, 0.5) is 5.69 Å². The highest BCUT2D eigenvalue weighted by molar-refractivity contribution is 8.00. The number of thioether (sulfide) groups is 2. The number of anilines is 1. The summed E-state index contributed by atoms with van der Waals surface area (Å²) >= 11 is 4.12. The van der Waals surface area contributed by atoms with Gasteiger partial charge in [0.2, 0.25) is 22.1 Å². The number of nitrogens with zero attached hydrogens (tertiary/aromatic N) is 5. The first-order valence-corrected chi connectivity index (χ1v) is 12.9. The van der Waals surface area contributed by atoms with Crippen LogP contribution in [0, 0.1) is 0 Å². The van der Waals surface area contributed by atoms with E-state index >= 15 is 0 Å². The maximum atomic E-state index is 12.2. The standard InChI is InChI=1S/C20H25N7O2S3/c1-3-26(4-2)18(29)13-32-20-25-24-19(27(20)21)31-12-15-11-30-17(23-15)10-16(28)22-14-8-6-5-7-9-14/h5-9,11H,3-4,10,12-13,21H2,1-2H3,(H,22,28). The van der Waals surface area contributed by atoms with Gasteiger partial charge < -0.3 is 16.1 Å². The van der Waals surface area contributed by atoms with Crippen LogP contribution in [0.15, 0.2) is 46.0 Å². The van der Waals surface area contributed by atoms with Crippen LogP contribution in [0.2, 0.25) is 0 Å². The van der Waals surface area contributed by atoms with Gasteiger partial charge >= 0.3 is 0 Å². The van der Waals surface area contributed by atoms with Crippen molar-refractivity contribution in [2.45, 2.75) is 36.3 Å². The van der Waals surface area contributed by atoms with E-state index in [-0.39, 0.29) is 24.0 Å². The van der Waals surface area contributed by atoms with Crippen LogP contribution in [0.5, 0.6) is 0 Å². The highest BCUT2D eigenvalue weighted by atomic mass is 32.2. The summed E-state index contributed by atoms with van der Waals surface area (Å²) in [5.41, 5.74) is 1.61. The second-order valence-corrected chi connectivity index (χ2v) is 9.43. The Labute approximate surface area is 199 Å². The van der Waals surface area contributed by atoms with E-state index in [4.69, 9.17) is 5.84 Å². The number of carbonyl (C=O) groups excluding carboxylic acids is 2. The van der Waals surface area contributed by atoms with Gasteiger partial charge in [-0.05, 0) is 26.0 Å². The minimum atomic E-state index is -0.104. The van der Waals surface area contributed by atoms with E-state index in [9.17, 15) is 9.59 Å². The topological polar surface area (TPSA) is 119 Å². The molecule has 2 amide bonds. The summed E-state index contributed by atoms with van der Waals surface area (Å²) < 4.78 is 1.39. The fraction of sp³-hybridized carbons (Fsp3) is 0.350. The second-order valence-electron chi connectivity index (χ2n) is 6.60. The molecule has 3 aromatic rings. The van der Waals surface area contributed by atoms with E-state index in [2.05, 4.69) is 20.5 Å². The maximum absolute atomic E-state index is 12.2. The van der Waals surface area contributed by atoms with Crippen molar-refractivity contribution in [2.24, 2.45) is 0 Å². The molecule has 0 saturated carbocycles. The molecule has 170 valence electrons. The Morgan fingerprint density at radius 3 is 2.50 bits per heavy atom. The van der Waals surface area contributed by atoms with Gasteiger partial charge in [-0.3, -0.25) is 9.59 Å². The minimum Gasteiger partial charge on any atom is -0.343 e. The molecule has 0 radical (unpaired) electrons. The number of hydrogen-bond donors (Lipinski definition) is 2. The Bertz CT molecular complexity index is 1040. The maximum Gasteiger partial charge on any atom is 0.233 e. The predicted molar refractivity (Wildman–Crippen MR) is 129 cm³/mol. The number of amides is 2. The molecule has 2 heterocycles. The van der Waals surface area contributed by atoms with Crippen molar-refractivity contribution < 1.29 is 9.59 Å². The fourth-order valence-corrected chi connectivity index (χ4v) is 5.22. The molecular formula is C20H25N7O2S3. The Morgan fingerprint density at radius 2 is 1.81 bits per heavy atom. The number of aromatic nitrogens is 4. The van der Waals surface area contributed by atoms with Crippen LogP contribution < -0.4 is 11.2 Å². The molecule has 0 unspecified atom stereocenters. The molecule has 0 aliphatic heterocycles. The molecule has 0 saturated heterocycles. The van der Waals surface area contributed by atoms with Crippen molar-refractivity contribution in [3.05, 3.63) is 46.4 Å². The summed E-state index contributed by atoms with van der Waals surface area (Å²) in [5.74, 6) is 6.85. The van der Waals surface area contributed by atoms with E-state index in [1.807, 2.05) is 49.6 Å². The van der Waals surface area contributed by atoms with Crippen LogP contribution in [-0.2, 0) is 21.8 Å². The first kappa shape index (κ1) is 24.1. The van der Waals surface area contributed by atoms with Crippen LogP contribution in [0.1, 0.15) is 24.5 Å². The van der Waals surface area contributed by atoms with Gasteiger partial charge in [-0.15, -0.1) is 21.5 Å². The van der Waals surface area contributed by atoms with Crippen LogP contribution in [-0.4, -0.2) is 55.4 Å². The van der Waals surface area contributed by atoms with Crippen molar-refractivity contribution in [3.63, 3.8) is 0 Å². The van der Waals surface area contributed by atoms with Crippen LogP contribution >= 0.6 is 34.9 Å². The molecule has 0 aliphatic rings. The van der Waals surface area contributed by atoms with E-state index in [1.54, 1.807) is 4.90 Å². The fourth-order valence-electron chi connectivity index (χ4n) is 2.75. The van der Waals surface area contributed by atoms with Gasteiger partial charge in [-0.2, -0.15) is 0 Å². The van der Waals surface area contributed by atoms with Crippen molar-refractivity contribution >= 4 is 52.4 Å². The van der Waals surface area contributed by atoms with Crippen LogP contribution in [0.25, 0.3) is 0 Å². The van der Waals surface area contributed by atoms with Gasteiger partial charge in [-0.25, -0.2) is 9.66 Å². The third-order valence-corrected chi connectivity index (χ3v) is 7.19. The summed E-state index contributed by atoms with van der Waals surface area (Å²) in [6.45, 7) is 5.25. The number of benzene rings is 1. The summed E-state index contributed by atoms with van der Waals surface area (Å²) in [6, 6.07) is 9.33. The average Bonchev–Trinajstić information content (AvgIpc) is 3.38. The number of para-hydroxylation sites is 1. The normalized spacial score (nSPS) is 10.8. The molecule has 2 aromatic heterocycles. The molecule has 32 heavy (non-hydrogen) atoms. The average molecular weight is 492 g/mol. The van der Waals surface area contributed by atoms with E-state index < -0.39 is 0 Å². The lowest BCUT2D eigenvalue weighted by molar-refractivity contribution is -0.128. The smallest absolute Gasteiger partial charge is 0.233 e. The molecule has 0 spiro atoms. The lowest BCUT2D eigenvalue weighted by Crippen LogP contribution is -2.32. The first-order valence-electron chi connectivity index (χ1n) is 10.0. The number of nitrogens with two attached hydrogens (primary N) is 1. The highest BCUT2D eigenvalue weighted by Gasteiger charge is 2.16. The molecule has 0 bridgehead atoms. The predicted octanol–water partition coefficient (Wildman–Crippen LogP) is 2.88. The number of nitrogens with one attached hydrogen (secondary N) is 1. The third-order valence-electron chi connectivity index (χ3n) is 4.39. The Balaban J connectivity index is 1.48. The molecule has 0 fully saturated rings. The zero-order valence-electron chi connectivity index (χ0n) is 17.9. The Hall–Kier alpha value is -2.57. The van der Waals surface area contributed by atoms with Crippen molar-refractivity contribution in [1.82, 2.24) is 24.8 Å². The van der Waals surface area contributed by atoms with Gasteiger partial charge in [0.25, 0.3) is 0 Å². The minimum absolute atomic E-state index is 0.0449. The molecule has 0 aliphatic carbocycles. The monoisotopic (exact) mass is 491 g/mol. The van der Waals surface area contributed by atoms with Crippen LogP contribution in [0.3, 0.4) is 0 Å². The van der Waals surface area contributed by atoms with Crippen molar-refractivity contribution in [1.29, 1.82) is 0 Å². The van der Waals surface area contributed by atoms with Gasteiger partial charge in [0, 0.05) is 29.9 Å². The van der Waals surface area contributed by atoms with Crippen molar-refractivity contribution in [3.8, 4) is 0 Å². The van der Waals surface area contributed by atoms with Gasteiger partial charge in [-0.1, -0.05) is 41.7 Å². The van der Waals surface area contributed by atoms with Gasteiger partial charge in [0.1, 0.15) is 5.01 Å². The Kier molecular flexibility index (Phi) is 8.94. The van der Waals surface area contributed by atoms with Crippen molar-refractivity contribution in [2.75, 3.05) is 30.0 Å². The summed E-state index contributed by atoms with van der Waals surface area (Å²) in [4.78, 5) is 30.6. The third kappa shape index (κ3) is 6.71. The Morgan fingerprint density at radius 1 is 1.12 bits per heavy atom. The van der Waals surface area contributed by atoms with Gasteiger partial charge in [0.05, 0.1) is 17.9 Å². The van der Waals surface area contributed by atoms with E-state index in [1.165, 1.54) is 39.5 Å². The highest BCUT2D eigenvalue weighted by Crippen LogP contribution is 2.25. The molecule has 1 aromatic carbocycles. The lowest BCUT2D eigenvalue weighted by atomic mass is 10.3. The number of carbonyl (C=O) groups is 2. The first-order chi connectivity index (χ1) is 15.5. The lowest BCUT2D eigenvalue weighted by Gasteiger charge is -2.17. The molecular weight excluding hydrogens is 466 g/mol. The SMILES string of the molecule is CCN(CC)C(=O)CSc1nnc(SCc2csc(CC(=O)Nc3ccccc3)n2)n1N. The number of rotatable bonds is 11. The zero-order chi connectivity index (χ0) is 22.9. The zero-order valence-corrected chi connectivity index (χ0v) is 20.3. The second kappa shape index (κ2) is 11.9. The molecule has 12 heteroatoms. The molecule has 3 rings (SSSR count). The van der Waals surface area contributed by atoms with E-state index in [0.29, 0.717) is 29.2 Å². The molecule has 3 N–H and O–H groups in total. The quantitative estimate of drug-likeness (QED) is 0.310. The number of nitrogen functional groups attached to an aromatic ring is 1. The van der Waals surface area contributed by atoms with Gasteiger partial charge in [0.15, 0.2) is 0 Å². The van der Waals surface area contributed by atoms with E-state index in [0.717, 1.165) is 16.4 Å². The summed E-state index contributed by atoms with van der Waals surface area (Å²) in [7, 11) is 0. The summed E-state index contributed by atoms with van der Waals surface area (Å²) in [5, 5.41) is 14.8. The molecule has 9 nitrogen and oxygen atoms in total. The number of thiazole rings is 1. The number of hydrogen-bond acceptors (Lipinski definition) is 9.